The van der Waals surface area contributed by atoms with Gasteiger partial charge >= 0.3 is 0 Å². The Kier molecular flexibility index (Phi) is 4.12. The molecule has 0 bridgehead atoms. The Morgan fingerprint density at radius 3 is 2.39 bits per heavy atom. The molecular formula is C15H23NO2. The average Bonchev–Trinajstić information content (AvgIpc) is 2.97. The second-order valence-corrected chi connectivity index (χ2v) is 5.62. The topological polar surface area (TPSA) is 30.5 Å². The van der Waals surface area contributed by atoms with E-state index in [1.54, 1.807) is 7.11 Å². The highest BCUT2D eigenvalue weighted by molar-refractivity contribution is 5.31. The van der Waals surface area contributed by atoms with Gasteiger partial charge in [-0.1, -0.05) is 13.8 Å². The standard InChI is InChI=1S/C15H23NO2/c1-15(2)10-12(15)11-16-8-9-18-14-6-4-13(17-3)5-7-14/h4-7,12,16H,8-11H2,1-3H3. The van der Waals surface area contributed by atoms with Crippen LogP contribution in [0.3, 0.4) is 0 Å². The van der Waals surface area contributed by atoms with Gasteiger partial charge in [-0.25, -0.2) is 0 Å². The highest BCUT2D eigenvalue weighted by atomic mass is 16.5. The number of ether oxygens (including phenoxy) is 2. The fraction of sp³-hybridized carbons (Fsp3) is 0.600. The van der Waals surface area contributed by atoms with Crippen molar-refractivity contribution in [3.05, 3.63) is 24.3 Å². The maximum Gasteiger partial charge on any atom is 0.119 e. The molecule has 18 heavy (non-hydrogen) atoms. The molecule has 0 heterocycles. The monoisotopic (exact) mass is 249 g/mol. The zero-order valence-electron chi connectivity index (χ0n) is 11.5. The van der Waals surface area contributed by atoms with E-state index in [0.29, 0.717) is 12.0 Å². The fourth-order valence-electron chi connectivity index (χ4n) is 2.11. The highest BCUT2D eigenvalue weighted by Gasteiger charge is 2.44. The lowest BCUT2D eigenvalue weighted by Crippen LogP contribution is -2.24. The Hall–Kier alpha value is -1.22. The second-order valence-electron chi connectivity index (χ2n) is 5.62. The molecule has 1 aliphatic carbocycles. The molecule has 2 rings (SSSR count). The van der Waals surface area contributed by atoms with Crippen molar-refractivity contribution in [3.63, 3.8) is 0 Å². The Morgan fingerprint density at radius 2 is 1.83 bits per heavy atom. The molecule has 100 valence electrons. The van der Waals surface area contributed by atoms with Gasteiger partial charge < -0.3 is 14.8 Å². The number of hydrogen-bond donors (Lipinski definition) is 1. The van der Waals surface area contributed by atoms with Crippen molar-refractivity contribution in [2.45, 2.75) is 20.3 Å². The third-order valence-electron chi connectivity index (χ3n) is 3.72. The number of benzene rings is 1. The van der Waals surface area contributed by atoms with Crippen molar-refractivity contribution in [1.29, 1.82) is 0 Å². The summed E-state index contributed by atoms with van der Waals surface area (Å²) in [4.78, 5) is 0. The van der Waals surface area contributed by atoms with Gasteiger partial charge in [0.05, 0.1) is 7.11 Å². The number of hydrogen-bond acceptors (Lipinski definition) is 3. The maximum absolute atomic E-state index is 5.64. The van der Waals surface area contributed by atoms with Crippen molar-refractivity contribution in [3.8, 4) is 11.5 Å². The molecule has 1 N–H and O–H groups in total. The van der Waals surface area contributed by atoms with E-state index in [0.717, 1.165) is 30.5 Å². The Labute approximate surface area is 109 Å². The smallest absolute Gasteiger partial charge is 0.119 e. The predicted octanol–water partition coefficient (Wildman–Crippen LogP) is 2.71. The van der Waals surface area contributed by atoms with Crippen LogP contribution in [-0.4, -0.2) is 26.8 Å². The molecule has 1 unspecified atom stereocenters. The van der Waals surface area contributed by atoms with Gasteiger partial charge in [0, 0.05) is 6.54 Å². The molecule has 1 aromatic carbocycles. The lowest BCUT2D eigenvalue weighted by atomic mass is 10.1. The van der Waals surface area contributed by atoms with Gasteiger partial charge in [-0.2, -0.15) is 0 Å². The summed E-state index contributed by atoms with van der Waals surface area (Å²) in [6, 6.07) is 7.69. The molecule has 0 saturated heterocycles. The van der Waals surface area contributed by atoms with Crippen molar-refractivity contribution in [2.24, 2.45) is 11.3 Å². The van der Waals surface area contributed by atoms with Crippen LogP contribution in [-0.2, 0) is 0 Å². The quantitative estimate of drug-likeness (QED) is 0.754. The van der Waals surface area contributed by atoms with Crippen LogP contribution < -0.4 is 14.8 Å². The largest absolute Gasteiger partial charge is 0.497 e. The highest BCUT2D eigenvalue weighted by Crippen LogP contribution is 2.50. The second kappa shape index (κ2) is 5.61. The van der Waals surface area contributed by atoms with Crippen LogP contribution in [0.4, 0.5) is 0 Å². The zero-order chi connectivity index (χ0) is 13.0. The van der Waals surface area contributed by atoms with Gasteiger partial charge in [0.1, 0.15) is 18.1 Å². The minimum atomic E-state index is 0.559. The van der Waals surface area contributed by atoms with Crippen LogP contribution in [0.25, 0.3) is 0 Å². The number of methoxy groups -OCH3 is 1. The fourth-order valence-corrected chi connectivity index (χ4v) is 2.11. The molecular weight excluding hydrogens is 226 g/mol. The van der Waals surface area contributed by atoms with Gasteiger partial charge in [0.2, 0.25) is 0 Å². The van der Waals surface area contributed by atoms with Gasteiger partial charge in [-0.05, 0) is 48.6 Å². The average molecular weight is 249 g/mol. The Balaban J connectivity index is 1.57. The summed E-state index contributed by atoms with van der Waals surface area (Å²) in [6.07, 6.45) is 1.35. The van der Waals surface area contributed by atoms with Gasteiger partial charge in [-0.15, -0.1) is 0 Å². The lowest BCUT2D eigenvalue weighted by molar-refractivity contribution is 0.311. The van der Waals surface area contributed by atoms with Crippen LogP contribution >= 0.6 is 0 Å². The van der Waals surface area contributed by atoms with Gasteiger partial charge in [-0.3, -0.25) is 0 Å². The summed E-state index contributed by atoms with van der Waals surface area (Å²) in [6.45, 7) is 7.37. The third-order valence-corrected chi connectivity index (χ3v) is 3.72. The number of rotatable bonds is 7. The molecule has 1 saturated carbocycles. The first-order valence-electron chi connectivity index (χ1n) is 6.59. The summed E-state index contributed by atoms with van der Waals surface area (Å²) in [5.41, 5.74) is 0.559. The van der Waals surface area contributed by atoms with E-state index in [1.165, 1.54) is 6.42 Å². The maximum atomic E-state index is 5.64. The molecule has 1 atom stereocenters. The predicted molar refractivity (Wildman–Crippen MR) is 73.2 cm³/mol. The minimum absolute atomic E-state index is 0.559. The molecule has 0 radical (unpaired) electrons. The van der Waals surface area contributed by atoms with E-state index in [4.69, 9.17) is 9.47 Å². The molecule has 1 fully saturated rings. The van der Waals surface area contributed by atoms with E-state index in [1.807, 2.05) is 24.3 Å². The van der Waals surface area contributed by atoms with Crippen LogP contribution in [0, 0.1) is 11.3 Å². The molecule has 1 aromatic rings. The first-order chi connectivity index (χ1) is 8.62. The molecule has 3 heteroatoms. The van der Waals surface area contributed by atoms with Crippen molar-refractivity contribution >= 4 is 0 Å². The Bertz CT molecular complexity index is 373. The van der Waals surface area contributed by atoms with Crippen LogP contribution in [0.15, 0.2) is 24.3 Å². The minimum Gasteiger partial charge on any atom is -0.497 e. The van der Waals surface area contributed by atoms with E-state index < -0.39 is 0 Å². The molecule has 3 nitrogen and oxygen atoms in total. The summed E-state index contributed by atoms with van der Waals surface area (Å²) in [5.74, 6) is 2.60. The normalized spacial score (nSPS) is 20.5. The van der Waals surface area contributed by atoms with Gasteiger partial charge in [0.15, 0.2) is 0 Å². The zero-order valence-corrected chi connectivity index (χ0v) is 11.5. The molecule has 0 aromatic heterocycles. The van der Waals surface area contributed by atoms with Gasteiger partial charge in [0.25, 0.3) is 0 Å². The van der Waals surface area contributed by atoms with Crippen molar-refractivity contribution in [2.75, 3.05) is 26.8 Å². The molecule has 0 amide bonds. The van der Waals surface area contributed by atoms with Crippen LogP contribution in [0.5, 0.6) is 11.5 Å². The summed E-state index contributed by atoms with van der Waals surface area (Å²) >= 11 is 0. The van der Waals surface area contributed by atoms with Crippen molar-refractivity contribution < 1.29 is 9.47 Å². The summed E-state index contributed by atoms with van der Waals surface area (Å²) in [7, 11) is 1.67. The van der Waals surface area contributed by atoms with E-state index >= 15 is 0 Å². The summed E-state index contributed by atoms with van der Waals surface area (Å²) < 4.78 is 10.7. The SMILES string of the molecule is COc1ccc(OCCNCC2CC2(C)C)cc1. The van der Waals surface area contributed by atoms with E-state index in [-0.39, 0.29) is 0 Å². The molecule has 0 spiro atoms. The first kappa shape index (κ1) is 13.2. The molecule has 1 aliphatic rings. The van der Waals surface area contributed by atoms with Crippen molar-refractivity contribution in [1.82, 2.24) is 5.32 Å². The van der Waals surface area contributed by atoms with Crippen LogP contribution in [0.1, 0.15) is 20.3 Å². The third kappa shape index (κ3) is 3.64. The Morgan fingerprint density at radius 1 is 1.22 bits per heavy atom. The first-order valence-corrected chi connectivity index (χ1v) is 6.59. The van der Waals surface area contributed by atoms with E-state index in [9.17, 15) is 0 Å². The lowest BCUT2D eigenvalue weighted by Gasteiger charge is -2.09. The molecule has 0 aliphatic heterocycles. The summed E-state index contributed by atoms with van der Waals surface area (Å²) in [5, 5.41) is 3.45. The van der Waals surface area contributed by atoms with E-state index in [2.05, 4.69) is 19.2 Å². The number of nitrogens with one attached hydrogen (secondary N) is 1. The van der Waals surface area contributed by atoms with Crippen LogP contribution in [0.2, 0.25) is 0 Å².